The second kappa shape index (κ2) is 7.65. The molecule has 3 rings (SSSR count). The SMILES string of the molecule is CSc1ccccc1-c1cc([As]c2ccc(C(N)=O)cc2)ncn1. The third kappa shape index (κ3) is 3.86. The molecule has 6 heteroatoms. The van der Waals surface area contributed by atoms with E-state index >= 15 is 0 Å². The van der Waals surface area contributed by atoms with Crippen LogP contribution in [-0.2, 0) is 0 Å². The van der Waals surface area contributed by atoms with Crippen molar-refractivity contribution in [3.63, 3.8) is 0 Å². The summed E-state index contributed by atoms with van der Waals surface area (Å²) in [4.78, 5) is 21.2. The average molecular weight is 396 g/mol. The topological polar surface area (TPSA) is 68.9 Å². The molecule has 0 saturated carbocycles. The minimum absolute atomic E-state index is 0.273. The molecule has 0 spiro atoms. The van der Waals surface area contributed by atoms with E-state index in [1.54, 1.807) is 30.2 Å². The van der Waals surface area contributed by atoms with E-state index < -0.39 is 5.91 Å². The van der Waals surface area contributed by atoms with Gasteiger partial charge in [-0.2, -0.15) is 0 Å². The fourth-order valence-corrected chi connectivity index (χ4v) is 4.65. The number of nitrogens with two attached hydrogens (primary N) is 1. The number of primary amides is 1. The molecule has 0 aliphatic carbocycles. The van der Waals surface area contributed by atoms with Crippen molar-refractivity contribution < 1.29 is 4.79 Å². The van der Waals surface area contributed by atoms with Gasteiger partial charge in [0.1, 0.15) is 0 Å². The van der Waals surface area contributed by atoms with E-state index in [0.29, 0.717) is 5.56 Å². The Morgan fingerprint density at radius 3 is 2.54 bits per heavy atom. The minimum atomic E-state index is -0.407. The predicted octanol–water partition coefficient (Wildman–Crippen LogP) is 1.62. The molecule has 0 fully saturated rings. The first kappa shape index (κ1) is 16.7. The molecule has 0 aliphatic rings. The Hall–Kier alpha value is -2.10. The number of hydrogen-bond donors (Lipinski definition) is 1. The van der Waals surface area contributed by atoms with E-state index in [1.807, 2.05) is 24.3 Å². The van der Waals surface area contributed by atoms with Crippen molar-refractivity contribution in [1.82, 2.24) is 9.97 Å². The summed E-state index contributed by atoms with van der Waals surface area (Å²) in [6, 6.07) is 17.7. The molecule has 2 N–H and O–H groups in total. The molecule has 0 atom stereocenters. The number of carbonyl (C=O) groups excluding carboxylic acids is 1. The first-order valence-electron chi connectivity index (χ1n) is 7.24. The molecule has 1 aromatic heterocycles. The summed E-state index contributed by atoms with van der Waals surface area (Å²) >= 11 is 1.44. The van der Waals surface area contributed by atoms with Gasteiger partial charge in [-0.25, -0.2) is 0 Å². The van der Waals surface area contributed by atoms with Gasteiger partial charge >= 0.3 is 152 Å². The second-order valence-corrected chi connectivity index (χ2v) is 8.35. The molecule has 3 aromatic rings. The Morgan fingerprint density at radius 1 is 1.08 bits per heavy atom. The van der Waals surface area contributed by atoms with Gasteiger partial charge in [-0.1, -0.05) is 0 Å². The van der Waals surface area contributed by atoms with Crippen LogP contribution in [0.4, 0.5) is 0 Å². The number of carbonyl (C=O) groups is 1. The number of hydrogen-bond acceptors (Lipinski definition) is 4. The first-order valence-corrected chi connectivity index (χ1v) is 10.3. The molecule has 24 heavy (non-hydrogen) atoms. The Labute approximate surface area is 151 Å². The van der Waals surface area contributed by atoms with E-state index in [9.17, 15) is 4.79 Å². The number of aromatic nitrogens is 2. The summed E-state index contributed by atoms with van der Waals surface area (Å²) in [5.74, 6) is -0.407. The molecular weight excluding hydrogens is 381 g/mol. The van der Waals surface area contributed by atoms with Crippen LogP contribution in [0.1, 0.15) is 10.4 Å². The van der Waals surface area contributed by atoms with Crippen LogP contribution in [0.3, 0.4) is 0 Å². The van der Waals surface area contributed by atoms with Crippen LogP contribution < -0.4 is 14.6 Å². The van der Waals surface area contributed by atoms with Crippen molar-refractivity contribution in [3.8, 4) is 11.3 Å². The van der Waals surface area contributed by atoms with Gasteiger partial charge in [0.2, 0.25) is 0 Å². The summed E-state index contributed by atoms with van der Waals surface area (Å²) in [5, 5.41) is 0. The molecule has 0 saturated heterocycles. The Kier molecular flexibility index (Phi) is 5.33. The molecule has 1 amide bonds. The van der Waals surface area contributed by atoms with Gasteiger partial charge in [0.15, 0.2) is 0 Å². The summed E-state index contributed by atoms with van der Waals surface area (Å²) in [6.45, 7) is 0. The molecule has 2 aromatic carbocycles. The van der Waals surface area contributed by atoms with Crippen molar-refractivity contribution in [1.29, 1.82) is 0 Å². The monoisotopic (exact) mass is 396 g/mol. The average Bonchev–Trinajstić information content (AvgIpc) is 2.62. The molecule has 1 radical (unpaired) electrons. The molecule has 119 valence electrons. The van der Waals surface area contributed by atoms with Gasteiger partial charge in [-0.15, -0.1) is 0 Å². The summed E-state index contributed by atoms with van der Waals surface area (Å²) in [7, 11) is 0. The summed E-state index contributed by atoms with van der Waals surface area (Å²) in [5.41, 5.74) is 7.86. The zero-order valence-electron chi connectivity index (χ0n) is 13.0. The van der Waals surface area contributed by atoms with Crippen LogP contribution >= 0.6 is 11.8 Å². The van der Waals surface area contributed by atoms with Crippen LogP contribution in [0.2, 0.25) is 0 Å². The van der Waals surface area contributed by atoms with Gasteiger partial charge in [0.25, 0.3) is 0 Å². The zero-order valence-corrected chi connectivity index (χ0v) is 15.7. The van der Waals surface area contributed by atoms with E-state index in [4.69, 9.17) is 5.73 Å². The summed E-state index contributed by atoms with van der Waals surface area (Å²) in [6.07, 6.45) is 3.68. The third-order valence-electron chi connectivity index (χ3n) is 3.43. The van der Waals surface area contributed by atoms with Crippen LogP contribution in [0.15, 0.2) is 65.8 Å². The van der Waals surface area contributed by atoms with Crippen molar-refractivity contribution in [2.75, 3.05) is 6.26 Å². The van der Waals surface area contributed by atoms with Gasteiger partial charge in [0.05, 0.1) is 0 Å². The van der Waals surface area contributed by atoms with E-state index in [-0.39, 0.29) is 15.8 Å². The number of thioether (sulfide) groups is 1. The van der Waals surface area contributed by atoms with E-state index in [0.717, 1.165) is 15.7 Å². The van der Waals surface area contributed by atoms with Crippen LogP contribution in [-0.4, -0.2) is 37.9 Å². The van der Waals surface area contributed by atoms with Gasteiger partial charge < -0.3 is 0 Å². The molecule has 1 heterocycles. The van der Waals surface area contributed by atoms with Gasteiger partial charge in [0, 0.05) is 0 Å². The maximum atomic E-state index is 11.1. The Bertz CT molecular complexity index is 868. The first-order chi connectivity index (χ1) is 11.7. The standard InChI is InChI=1S/C18H15AsN3OS/c1-24-16-5-3-2-4-14(16)15-10-17(22-11-21-15)19-13-8-6-12(7-9-13)18(20)23/h2-11H,1H3,(H2,20,23). The molecular formula is C18H15AsN3OS. The van der Waals surface area contributed by atoms with Gasteiger partial charge in [-0.05, 0) is 0 Å². The molecule has 0 unspecified atom stereocenters. The quantitative estimate of drug-likeness (QED) is 0.526. The zero-order chi connectivity index (χ0) is 16.9. The van der Waals surface area contributed by atoms with Crippen molar-refractivity contribution >= 4 is 42.3 Å². The molecule has 4 nitrogen and oxygen atoms in total. The molecule has 0 bridgehead atoms. The number of amides is 1. The normalized spacial score (nSPS) is 11.0. The molecule has 0 aliphatic heterocycles. The fraction of sp³-hybridized carbons (Fsp3) is 0.0556. The second-order valence-electron chi connectivity index (χ2n) is 4.98. The van der Waals surface area contributed by atoms with Crippen LogP contribution in [0.25, 0.3) is 11.3 Å². The maximum absolute atomic E-state index is 11.1. The number of benzene rings is 2. The van der Waals surface area contributed by atoms with Crippen LogP contribution in [0.5, 0.6) is 0 Å². The third-order valence-corrected chi connectivity index (χ3v) is 6.39. The van der Waals surface area contributed by atoms with E-state index in [2.05, 4.69) is 34.4 Å². The van der Waals surface area contributed by atoms with Crippen molar-refractivity contribution in [3.05, 3.63) is 66.5 Å². The van der Waals surface area contributed by atoms with Crippen molar-refractivity contribution in [2.45, 2.75) is 4.90 Å². The number of nitrogens with zero attached hydrogens (tertiary/aromatic N) is 2. The Morgan fingerprint density at radius 2 is 1.83 bits per heavy atom. The number of rotatable bonds is 5. The van der Waals surface area contributed by atoms with Crippen LogP contribution in [0, 0.1) is 0 Å². The Balaban J connectivity index is 1.86. The van der Waals surface area contributed by atoms with Crippen molar-refractivity contribution in [2.24, 2.45) is 5.73 Å². The predicted molar refractivity (Wildman–Crippen MR) is 99.2 cm³/mol. The van der Waals surface area contributed by atoms with E-state index in [1.165, 1.54) is 9.25 Å². The van der Waals surface area contributed by atoms with Gasteiger partial charge in [-0.3, -0.25) is 0 Å². The fourth-order valence-electron chi connectivity index (χ4n) is 2.24. The summed E-state index contributed by atoms with van der Waals surface area (Å²) < 4.78 is 2.19.